The van der Waals surface area contributed by atoms with Crippen LogP contribution in [0.1, 0.15) is 24.8 Å². The molecule has 0 radical (unpaired) electrons. The highest BCUT2D eigenvalue weighted by Gasteiger charge is 2.13. The largest absolute Gasteiger partial charge is 0.496 e. The molecule has 0 aliphatic carbocycles. The summed E-state index contributed by atoms with van der Waals surface area (Å²) in [5, 5.41) is 0. The Morgan fingerprint density at radius 3 is 2.80 bits per heavy atom. The van der Waals surface area contributed by atoms with Crippen LogP contribution in [0.4, 0.5) is 0 Å². The van der Waals surface area contributed by atoms with Crippen molar-refractivity contribution in [3.63, 3.8) is 0 Å². The summed E-state index contributed by atoms with van der Waals surface area (Å²) in [6, 6.07) is 5.97. The number of hydrogen-bond donors (Lipinski definition) is 0. The van der Waals surface area contributed by atoms with Gasteiger partial charge in [0.15, 0.2) is 0 Å². The van der Waals surface area contributed by atoms with E-state index < -0.39 is 0 Å². The van der Waals surface area contributed by atoms with Gasteiger partial charge >= 0.3 is 0 Å². The van der Waals surface area contributed by atoms with Gasteiger partial charge in [-0.1, -0.05) is 19.1 Å². The molecule has 0 bridgehead atoms. The summed E-state index contributed by atoms with van der Waals surface area (Å²) in [6.45, 7) is 2.06. The lowest BCUT2D eigenvalue weighted by molar-refractivity contribution is -0.108. The molecule has 3 heteroatoms. The van der Waals surface area contributed by atoms with E-state index in [4.69, 9.17) is 4.74 Å². The molecule has 1 rings (SSSR count). The van der Waals surface area contributed by atoms with Crippen LogP contribution < -0.4 is 4.74 Å². The minimum Gasteiger partial charge on any atom is -0.496 e. The van der Waals surface area contributed by atoms with Gasteiger partial charge in [-0.25, -0.2) is 0 Å². The van der Waals surface area contributed by atoms with Gasteiger partial charge in [0, 0.05) is 6.42 Å². The molecule has 0 fully saturated rings. The zero-order valence-corrected chi connectivity index (χ0v) is 10.1. The van der Waals surface area contributed by atoms with Crippen LogP contribution in [-0.4, -0.2) is 19.7 Å². The SMILES string of the molecule is COc1cccc(C(C)CC=O)c1SC. The number of ether oxygens (including phenoxy) is 1. The standard InChI is InChI=1S/C12H16O2S/c1-9(7-8-13)10-5-4-6-11(14-2)12(10)15-3/h4-6,8-9H,7H2,1-3H3. The molecule has 82 valence electrons. The fourth-order valence-corrected chi connectivity index (χ4v) is 2.43. The maximum atomic E-state index is 10.5. The van der Waals surface area contributed by atoms with Gasteiger partial charge in [0.05, 0.1) is 12.0 Å². The van der Waals surface area contributed by atoms with Crippen molar-refractivity contribution in [1.29, 1.82) is 0 Å². The van der Waals surface area contributed by atoms with Gasteiger partial charge in [-0.2, -0.15) is 0 Å². The van der Waals surface area contributed by atoms with E-state index in [1.165, 1.54) is 5.56 Å². The van der Waals surface area contributed by atoms with E-state index in [-0.39, 0.29) is 5.92 Å². The Labute approximate surface area is 95.0 Å². The Kier molecular flexibility index (Phi) is 4.69. The Hall–Kier alpha value is -0.960. The highest BCUT2D eigenvalue weighted by Crippen LogP contribution is 2.35. The minimum atomic E-state index is 0.250. The number of thioether (sulfide) groups is 1. The summed E-state index contributed by atoms with van der Waals surface area (Å²) < 4.78 is 5.30. The van der Waals surface area contributed by atoms with E-state index in [2.05, 4.69) is 13.0 Å². The third-order valence-electron chi connectivity index (χ3n) is 2.41. The molecule has 0 aromatic heterocycles. The van der Waals surface area contributed by atoms with E-state index in [0.717, 1.165) is 16.9 Å². The molecule has 0 spiro atoms. The maximum Gasteiger partial charge on any atom is 0.132 e. The van der Waals surface area contributed by atoms with Crippen molar-refractivity contribution < 1.29 is 9.53 Å². The van der Waals surface area contributed by atoms with Gasteiger partial charge in [0.25, 0.3) is 0 Å². The van der Waals surface area contributed by atoms with Crippen LogP contribution >= 0.6 is 11.8 Å². The summed E-state index contributed by atoms with van der Waals surface area (Å²) in [7, 11) is 1.67. The molecule has 0 aliphatic rings. The summed E-state index contributed by atoms with van der Waals surface area (Å²) >= 11 is 1.66. The second-order valence-corrected chi connectivity index (χ2v) is 4.20. The van der Waals surface area contributed by atoms with E-state index in [1.807, 2.05) is 18.4 Å². The third kappa shape index (κ3) is 2.75. The van der Waals surface area contributed by atoms with Crippen LogP contribution in [-0.2, 0) is 4.79 Å². The lowest BCUT2D eigenvalue weighted by Gasteiger charge is -2.15. The van der Waals surface area contributed by atoms with Gasteiger partial charge in [-0.05, 0) is 23.8 Å². The fraction of sp³-hybridized carbons (Fsp3) is 0.417. The smallest absolute Gasteiger partial charge is 0.132 e. The van der Waals surface area contributed by atoms with Crippen molar-refractivity contribution in [1.82, 2.24) is 0 Å². The Morgan fingerprint density at radius 2 is 2.27 bits per heavy atom. The third-order valence-corrected chi connectivity index (χ3v) is 3.26. The molecule has 1 unspecified atom stereocenters. The molecule has 1 atom stereocenters. The van der Waals surface area contributed by atoms with E-state index in [1.54, 1.807) is 18.9 Å². The van der Waals surface area contributed by atoms with Crippen molar-refractivity contribution in [2.75, 3.05) is 13.4 Å². The topological polar surface area (TPSA) is 26.3 Å². The first-order valence-corrected chi connectivity index (χ1v) is 6.11. The van der Waals surface area contributed by atoms with E-state index in [0.29, 0.717) is 6.42 Å². The molecule has 2 nitrogen and oxygen atoms in total. The molecular formula is C12H16O2S. The molecule has 15 heavy (non-hydrogen) atoms. The van der Waals surface area contributed by atoms with Gasteiger partial charge in [0.2, 0.25) is 0 Å². The average Bonchev–Trinajstić information content (AvgIpc) is 2.28. The predicted octanol–water partition coefficient (Wildman–Crippen LogP) is 3.11. The lowest BCUT2D eigenvalue weighted by Crippen LogP contribution is -1.98. The first kappa shape index (κ1) is 12.1. The fourth-order valence-electron chi connectivity index (χ4n) is 1.57. The molecule has 1 aromatic carbocycles. The van der Waals surface area contributed by atoms with Crippen LogP contribution in [0.25, 0.3) is 0 Å². The molecular weight excluding hydrogens is 208 g/mol. The predicted molar refractivity (Wildman–Crippen MR) is 63.9 cm³/mol. The summed E-state index contributed by atoms with van der Waals surface area (Å²) in [5.74, 6) is 1.14. The molecule has 0 aliphatic heterocycles. The van der Waals surface area contributed by atoms with Crippen LogP contribution in [0.15, 0.2) is 23.1 Å². The monoisotopic (exact) mass is 224 g/mol. The number of benzene rings is 1. The van der Waals surface area contributed by atoms with Crippen LogP contribution in [0.3, 0.4) is 0 Å². The van der Waals surface area contributed by atoms with Crippen LogP contribution in [0.2, 0.25) is 0 Å². The van der Waals surface area contributed by atoms with Crippen molar-refractivity contribution in [3.8, 4) is 5.75 Å². The number of hydrogen-bond acceptors (Lipinski definition) is 3. The minimum absolute atomic E-state index is 0.250. The average molecular weight is 224 g/mol. The van der Waals surface area contributed by atoms with Crippen molar-refractivity contribution in [2.45, 2.75) is 24.2 Å². The zero-order valence-electron chi connectivity index (χ0n) is 9.32. The Bertz CT molecular complexity index is 336. The maximum absolute atomic E-state index is 10.5. The second kappa shape index (κ2) is 5.81. The van der Waals surface area contributed by atoms with Crippen molar-refractivity contribution >= 4 is 18.0 Å². The molecule has 1 aromatic rings. The Morgan fingerprint density at radius 1 is 1.53 bits per heavy atom. The van der Waals surface area contributed by atoms with Gasteiger partial charge in [-0.15, -0.1) is 11.8 Å². The van der Waals surface area contributed by atoms with Crippen LogP contribution in [0, 0.1) is 0 Å². The highest BCUT2D eigenvalue weighted by molar-refractivity contribution is 7.98. The summed E-state index contributed by atoms with van der Waals surface area (Å²) in [5.41, 5.74) is 1.19. The van der Waals surface area contributed by atoms with Crippen LogP contribution in [0.5, 0.6) is 5.75 Å². The Balaban J connectivity index is 3.10. The van der Waals surface area contributed by atoms with Crippen molar-refractivity contribution in [3.05, 3.63) is 23.8 Å². The number of methoxy groups -OCH3 is 1. The highest BCUT2D eigenvalue weighted by atomic mass is 32.2. The van der Waals surface area contributed by atoms with E-state index in [9.17, 15) is 4.79 Å². The first-order valence-electron chi connectivity index (χ1n) is 4.89. The number of aldehydes is 1. The molecule has 0 N–H and O–H groups in total. The quantitative estimate of drug-likeness (QED) is 0.568. The summed E-state index contributed by atoms with van der Waals surface area (Å²) in [4.78, 5) is 11.6. The molecule has 0 saturated heterocycles. The number of carbonyl (C=O) groups excluding carboxylic acids is 1. The normalized spacial score (nSPS) is 12.2. The first-order chi connectivity index (χ1) is 7.24. The second-order valence-electron chi connectivity index (χ2n) is 3.39. The molecule has 0 amide bonds. The molecule has 0 heterocycles. The molecule has 0 saturated carbocycles. The van der Waals surface area contributed by atoms with Gasteiger partial charge in [0.1, 0.15) is 12.0 Å². The zero-order chi connectivity index (χ0) is 11.3. The van der Waals surface area contributed by atoms with Gasteiger partial charge in [-0.3, -0.25) is 0 Å². The van der Waals surface area contributed by atoms with E-state index >= 15 is 0 Å². The number of carbonyl (C=O) groups is 1. The lowest BCUT2D eigenvalue weighted by atomic mass is 9.98. The van der Waals surface area contributed by atoms with Gasteiger partial charge < -0.3 is 9.53 Å². The van der Waals surface area contributed by atoms with Crippen molar-refractivity contribution in [2.24, 2.45) is 0 Å². The summed E-state index contributed by atoms with van der Waals surface area (Å²) in [6.07, 6.45) is 3.55. The number of rotatable bonds is 5.